The minimum absolute atomic E-state index is 0.0602. The Balaban J connectivity index is 3.54. The molecule has 1 rings (SSSR count). The number of nitro groups is 1. The van der Waals surface area contributed by atoms with Crippen molar-refractivity contribution in [2.24, 2.45) is 0 Å². The SMILES string of the molecule is CCc1cc(C#N)c(C(=O)O)cc1[N+](=O)[O-]. The van der Waals surface area contributed by atoms with E-state index in [9.17, 15) is 14.9 Å². The Labute approximate surface area is 90.9 Å². The lowest BCUT2D eigenvalue weighted by Crippen LogP contribution is -2.04. The summed E-state index contributed by atoms with van der Waals surface area (Å²) in [5, 5.41) is 28.2. The molecule has 0 aromatic heterocycles. The van der Waals surface area contributed by atoms with Crippen LogP contribution in [0.5, 0.6) is 0 Å². The van der Waals surface area contributed by atoms with Gasteiger partial charge in [-0.15, -0.1) is 0 Å². The van der Waals surface area contributed by atoms with Crippen LogP contribution < -0.4 is 0 Å². The molecule has 0 aliphatic carbocycles. The number of carboxylic acid groups (broad SMARTS) is 1. The van der Waals surface area contributed by atoms with Crippen LogP contribution in [0.25, 0.3) is 0 Å². The minimum atomic E-state index is -1.35. The van der Waals surface area contributed by atoms with Crippen LogP contribution >= 0.6 is 0 Å². The molecule has 1 aromatic carbocycles. The second-order valence-electron chi connectivity index (χ2n) is 3.05. The van der Waals surface area contributed by atoms with E-state index in [1.54, 1.807) is 13.0 Å². The summed E-state index contributed by atoms with van der Waals surface area (Å²) in [5.41, 5.74) is -0.313. The van der Waals surface area contributed by atoms with Crippen molar-refractivity contribution in [1.29, 1.82) is 5.26 Å². The zero-order valence-electron chi connectivity index (χ0n) is 8.43. The number of carbonyl (C=O) groups is 1. The second-order valence-corrected chi connectivity index (χ2v) is 3.05. The van der Waals surface area contributed by atoms with Crippen molar-refractivity contribution in [2.75, 3.05) is 0 Å². The van der Waals surface area contributed by atoms with Crippen LogP contribution in [0.1, 0.15) is 28.4 Å². The first-order valence-electron chi connectivity index (χ1n) is 4.46. The molecule has 0 unspecified atom stereocenters. The predicted molar refractivity (Wildman–Crippen MR) is 54.1 cm³/mol. The van der Waals surface area contributed by atoms with Crippen molar-refractivity contribution >= 4 is 11.7 Å². The van der Waals surface area contributed by atoms with Gasteiger partial charge in [-0.2, -0.15) is 5.26 Å². The van der Waals surface area contributed by atoms with E-state index in [1.807, 2.05) is 0 Å². The van der Waals surface area contributed by atoms with Crippen LogP contribution in [0.2, 0.25) is 0 Å². The van der Waals surface area contributed by atoms with Crippen molar-refractivity contribution in [3.8, 4) is 6.07 Å². The maximum atomic E-state index is 10.8. The van der Waals surface area contributed by atoms with Gasteiger partial charge in [-0.1, -0.05) is 6.92 Å². The summed E-state index contributed by atoms with van der Waals surface area (Å²) in [6.07, 6.45) is 0.366. The van der Waals surface area contributed by atoms with Crippen molar-refractivity contribution in [1.82, 2.24) is 0 Å². The Kier molecular flexibility index (Phi) is 3.20. The summed E-state index contributed by atoms with van der Waals surface area (Å²) in [6, 6.07) is 3.90. The van der Waals surface area contributed by atoms with Gasteiger partial charge in [0.25, 0.3) is 5.69 Å². The number of nitro benzene ring substituents is 1. The molecule has 0 bridgehead atoms. The molecule has 0 radical (unpaired) electrons. The summed E-state index contributed by atoms with van der Waals surface area (Å²) >= 11 is 0. The molecular weight excluding hydrogens is 212 g/mol. The molecule has 0 saturated heterocycles. The lowest BCUT2D eigenvalue weighted by Gasteiger charge is -2.03. The van der Waals surface area contributed by atoms with Gasteiger partial charge in [0.1, 0.15) is 6.07 Å². The lowest BCUT2D eigenvalue weighted by molar-refractivity contribution is -0.385. The van der Waals surface area contributed by atoms with E-state index in [2.05, 4.69) is 0 Å². The van der Waals surface area contributed by atoms with Gasteiger partial charge in [-0.3, -0.25) is 10.1 Å². The summed E-state index contributed by atoms with van der Waals surface area (Å²) in [5.74, 6) is -1.35. The van der Waals surface area contributed by atoms with E-state index < -0.39 is 10.9 Å². The summed E-state index contributed by atoms with van der Waals surface area (Å²) in [4.78, 5) is 20.8. The third kappa shape index (κ3) is 1.98. The Morgan fingerprint density at radius 2 is 2.25 bits per heavy atom. The Bertz CT molecular complexity index is 502. The van der Waals surface area contributed by atoms with E-state index in [4.69, 9.17) is 10.4 Å². The highest BCUT2D eigenvalue weighted by Gasteiger charge is 2.20. The number of aryl methyl sites for hydroxylation is 1. The average molecular weight is 220 g/mol. The molecule has 0 saturated carbocycles. The first-order valence-corrected chi connectivity index (χ1v) is 4.46. The molecule has 0 spiro atoms. The van der Waals surface area contributed by atoms with Gasteiger partial charge in [0.15, 0.2) is 0 Å². The highest BCUT2D eigenvalue weighted by atomic mass is 16.6. The molecule has 6 nitrogen and oxygen atoms in total. The molecule has 0 atom stereocenters. The van der Waals surface area contributed by atoms with Gasteiger partial charge in [-0.05, 0) is 12.5 Å². The molecule has 16 heavy (non-hydrogen) atoms. The Morgan fingerprint density at radius 1 is 1.62 bits per heavy atom. The first-order chi connectivity index (χ1) is 7.51. The highest BCUT2D eigenvalue weighted by Crippen LogP contribution is 2.24. The maximum absolute atomic E-state index is 10.8. The van der Waals surface area contributed by atoms with E-state index in [0.29, 0.717) is 12.0 Å². The van der Waals surface area contributed by atoms with E-state index >= 15 is 0 Å². The van der Waals surface area contributed by atoms with E-state index in [0.717, 1.165) is 6.07 Å². The third-order valence-electron chi connectivity index (χ3n) is 2.15. The Hall–Kier alpha value is -2.42. The Morgan fingerprint density at radius 3 is 2.62 bits per heavy atom. The normalized spacial score (nSPS) is 9.50. The van der Waals surface area contributed by atoms with E-state index in [1.165, 1.54) is 6.07 Å². The molecule has 0 aliphatic heterocycles. The number of hydrogen-bond acceptors (Lipinski definition) is 4. The number of aromatic carboxylic acids is 1. The topological polar surface area (TPSA) is 104 Å². The molecule has 1 N–H and O–H groups in total. The zero-order valence-corrected chi connectivity index (χ0v) is 8.43. The van der Waals surface area contributed by atoms with Gasteiger partial charge in [-0.25, -0.2) is 4.79 Å². The summed E-state index contributed by atoms with van der Waals surface area (Å²) < 4.78 is 0. The summed E-state index contributed by atoms with van der Waals surface area (Å²) in [7, 11) is 0. The van der Waals surface area contributed by atoms with Crippen molar-refractivity contribution in [3.05, 3.63) is 38.9 Å². The molecule has 0 aliphatic rings. The molecule has 1 aromatic rings. The van der Waals surface area contributed by atoms with Crippen LogP contribution in [-0.4, -0.2) is 16.0 Å². The van der Waals surface area contributed by atoms with Gasteiger partial charge in [0.05, 0.1) is 16.1 Å². The van der Waals surface area contributed by atoms with Gasteiger partial charge in [0.2, 0.25) is 0 Å². The number of benzene rings is 1. The van der Waals surface area contributed by atoms with Crippen LogP contribution in [0.15, 0.2) is 12.1 Å². The van der Waals surface area contributed by atoms with Crippen LogP contribution in [-0.2, 0) is 6.42 Å². The van der Waals surface area contributed by atoms with Crippen LogP contribution in [0.4, 0.5) is 5.69 Å². The quantitative estimate of drug-likeness (QED) is 0.616. The maximum Gasteiger partial charge on any atom is 0.337 e. The van der Waals surface area contributed by atoms with Crippen LogP contribution in [0.3, 0.4) is 0 Å². The molecular formula is C10H8N2O4. The molecule has 0 fully saturated rings. The highest BCUT2D eigenvalue weighted by molar-refractivity contribution is 5.91. The molecule has 82 valence electrons. The van der Waals surface area contributed by atoms with Crippen molar-refractivity contribution in [2.45, 2.75) is 13.3 Å². The summed E-state index contributed by atoms with van der Waals surface area (Å²) in [6.45, 7) is 1.70. The number of hydrogen-bond donors (Lipinski definition) is 1. The number of carboxylic acids is 1. The van der Waals surface area contributed by atoms with Gasteiger partial charge in [0, 0.05) is 11.6 Å². The standard InChI is InChI=1S/C10H8N2O4/c1-2-6-3-7(5-11)8(10(13)14)4-9(6)12(15)16/h3-4H,2H2,1H3,(H,13,14). The fraction of sp³-hybridized carbons (Fsp3) is 0.200. The molecule has 0 heterocycles. The van der Waals surface area contributed by atoms with E-state index in [-0.39, 0.29) is 16.8 Å². The van der Waals surface area contributed by atoms with Gasteiger partial charge >= 0.3 is 5.97 Å². The largest absolute Gasteiger partial charge is 0.478 e. The monoisotopic (exact) mass is 220 g/mol. The van der Waals surface area contributed by atoms with Crippen molar-refractivity contribution in [3.63, 3.8) is 0 Å². The average Bonchev–Trinajstić information content (AvgIpc) is 2.26. The fourth-order valence-electron chi connectivity index (χ4n) is 1.36. The molecule has 0 amide bonds. The smallest absolute Gasteiger partial charge is 0.337 e. The van der Waals surface area contributed by atoms with Crippen molar-refractivity contribution < 1.29 is 14.8 Å². The first kappa shape index (κ1) is 11.7. The minimum Gasteiger partial charge on any atom is -0.478 e. The molecule has 6 heteroatoms. The lowest BCUT2D eigenvalue weighted by atomic mass is 10.0. The number of nitriles is 1. The zero-order chi connectivity index (χ0) is 12.3. The predicted octanol–water partition coefficient (Wildman–Crippen LogP) is 1.73. The number of nitrogens with zero attached hydrogens (tertiary/aromatic N) is 2. The second kappa shape index (κ2) is 4.40. The number of rotatable bonds is 3. The third-order valence-corrected chi connectivity index (χ3v) is 2.15. The van der Waals surface area contributed by atoms with Gasteiger partial charge < -0.3 is 5.11 Å². The fourth-order valence-corrected chi connectivity index (χ4v) is 1.36. The van der Waals surface area contributed by atoms with Crippen LogP contribution in [0, 0.1) is 21.4 Å².